The highest BCUT2D eigenvalue weighted by Gasteiger charge is 2.52. The van der Waals surface area contributed by atoms with E-state index in [1.807, 2.05) is 12.1 Å². The predicted molar refractivity (Wildman–Crippen MR) is 111 cm³/mol. The summed E-state index contributed by atoms with van der Waals surface area (Å²) in [5.74, 6) is 0. The number of hydrogen-bond donors (Lipinski definition) is 1. The number of nitrogens with one attached hydrogen (secondary N) is 1. The quantitative estimate of drug-likeness (QED) is 0.787. The predicted octanol–water partition coefficient (Wildman–Crippen LogP) is 5.03. The highest BCUT2D eigenvalue weighted by Crippen LogP contribution is 2.37. The standard InChI is InChI=1S/C22H30BNO2/c1-20(2,3)16-12-14-17(15-13-16)24-19-11-9-8-10-18(19)23-25-21(4,5)22(6,7)26-23/h8-15,24H,1-7H3. The maximum Gasteiger partial charge on any atom is 0.496 e. The summed E-state index contributed by atoms with van der Waals surface area (Å²) in [5, 5.41) is 3.52. The molecule has 1 N–H and O–H groups in total. The van der Waals surface area contributed by atoms with Crippen molar-refractivity contribution < 1.29 is 9.31 Å². The van der Waals surface area contributed by atoms with E-state index < -0.39 is 0 Å². The Bertz CT molecular complexity index is 759. The molecule has 1 saturated heterocycles. The van der Waals surface area contributed by atoms with Crippen LogP contribution in [0.5, 0.6) is 0 Å². The van der Waals surface area contributed by atoms with Crippen molar-refractivity contribution in [1.82, 2.24) is 0 Å². The van der Waals surface area contributed by atoms with Gasteiger partial charge in [-0.25, -0.2) is 0 Å². The van der Waals surface area contributed by atoms with Crippen LogP contribution in [0.1, 0.15) is 54.0 Å². The van der Waals surface area contributed by atoms with E-state index in [1.165, 1.54) is 5.56 Å². The van der Waals surface area contributed by atoms with Gasteiger partial charge in [-0.05, 0) is 56.9 Å². The molecule has 1 aliphatic rings. The Morgan fingerprint density at radius 3 is 1.88 bits per heavy atom. The molecule has 138 valence electrons. The molecule has 0 spiro atoms. The lowest BCUT2D eigenvalue weighted by Gasteiger charge is -2.32. The number of rotatable bonds is 3. The summed E-state index contributed by atoms with van der Waals surface area (Å²) in [6.07, 6.45) is 0. The van der Waals surface area contributed by atoms with E-state index in [9.17, 15) is 0 Å². The molecule has 2 aromatic carbocycles. The molecule has 0 saturated carbocycles. The zero-order chi connectivity index (χ0) is 19.2. The Hall–Kier alpha value is -1.78. The highest BCUT2D eigenvalue weighted by atomic mass is 16.7. The van der Waals surface area contributed by atoms with Gasteiger partial charge in [-0.1, -0.05) is 51.1 Å². The van der Waals surface area contributed by atoms with Gasteiger partial charge in [-0.3, -0.25) is 0 Å². The SMILES string of the molecule is CC(C)(C)c1ccc(Nc2ccccc2B2OC(C)(C)C(C)(C)O2)cc1. The normalized spacial score (nSPS) is 18.8. The van der Waals surface area contributed by atoms with Crippen molar-refractivity contribution in [3.63, 3.8) is 0 Å². The summed E-state index contributed by atoms with van der Waals surface area (Å²) in [6.45, 7) is 15.0. The van der Waals surface area contributed by atoms with Gasteiger partial charge in [0.1, 0.15) is 0 Å². The van der Waals surface area contributed by atoms with Crippen LogP contribution in [0.3, 0.4) is 0 Å². The van der Waals surface area contributed by atoms with Gasteiger partial charge in [0, 0.05) is 16.8 Å². The summed E-state index contributed by atoms with van der Waals surface area (Å²) < 4.78 is 12.5. The molecule has 0 unspecified atom stereocenters. The average Bonchev–Trinajstić information content (AvgIpc) is 2.75. The Balaban J connectivity index is 1.85. The summed E-state index contributed by atoms with van der Waals surface area (Å²) in [4.78, 5) is 0. The molecular formula is C22H30BNO2. The second-order valence-electron chi connectivity index (χ2n) is 9.13. The van der Waals surface area contributed by atoms with Crippen LogP contribution in [0.15, 0.2) is 48.5 Å². The average molecular weight is 351 g/mol. The third-order valence-electron chi connectivity index (χ3n) is 5.50. The van der Waals surface area contributed by atoms with E-state index in [0.717, 1.165) is 16.8 Å². The molecule has 4 heteroatoms. The lowest BCUT2D eigenvalue weighted by molar-refractivity contribution is 0.00578. The Kier molecular flexibility index (Phi) is 4.70. The van der Waals surface area contributed by atoms with Crippen LogP contribution in [0.2, 0.25) is 0 Å². The van der Waals surface area contributed by atoms with Crippen molar-refractivity contribution >= 4 is 24.0 Å². The molecule has 0 radical (unpaired) electrons. The molecule has 0 bridgehead atoms. The first-order valence-electron chi connectivity index (χ1n) is 9.32. The summed E-state index contributed by atoms with van der Waals surface area (Å²) >= 11 is 0. The molecule has 0 aliphatic carbocycles. The summed E-state index contributed by atoms with van der Waals surface area (Å²) in [5.41, 5.74) is 3.86. The molecule has 1 aliphatic heterocycles. The number of hydrogen-bond acceptors (Lipinski definition) is 3. The van der Waals surface area contributed by atoms with Crippen LogP contribution in [-0.4, -0.2) is 18.3 Å². The van der Waals surface area contributed by atoms with Gasteiger partial charge in [0.2, 0.25) is 0 Å². The van der Waals surface area contributed by atoms with Crippen molar-refractivity contribution in [1.29, 1.82) is 0 Å². The molecule has 3 nitrogen and oxygen atoms in total. The maximum absolute atomic E-state index is 6.23. The maximum atomic E-state index is 6.23. The molecule has 3 rings (SSSR count). The number of para-hydroxylation sites is 1. The van der Waals surface area contributed by atoms with E-state index in [4.69, 9.17) is 9.31 Å². The lowest BCUT2D eigenvalue weighted by atomic mass is 9.77. The van der Waals surface area contributed by atoms with Crippen molar-refractivity contribution in [2.75, 3.05) is 5.32 Å². The van der Waals surface area contributed by atoms with E-state index in [-0.39, 0.29) is 23.7 Å². The Labute approximate surface area is 158 Å². The molecule has 1 fully saturated rings. The van der Waals surface area contributed by atoms with E-state index in [1.54, 1.807) is 0 Å². The fourth-order valence-electron chi connectivity index (χ4n) is 3.00. The number of anilines is 2. The van der Waals surface area contributed by atoms with Crippen LogP contribution in [0.4, 0.5) is 11.4 Å². The molecular weight excluding hydrogens is 321 g/mol. The monoisotopic (exact) mass is 351 g/mol. The van der Waals surface area contributed by atoms with Gasteiger partial charge >= 0.3 is 7.12 Å². The number of benzene rings is 2. The third kappa shape index (κ3) is 3.67. The van der Waals surface area contributed by atoms with E-state index >= 15 is 0 Å². The molecule has 2 aromatic rings. The Morgan fingerprint density at radius 2 is 1.35 bits per heavy atom. The highest BCUT2D eigenvalue weighted by molar-refractivity contribution is 6.64. The van der Waals surface area contributed by atoms with Crippen LogP contribution in [0.25, 0.3) is 0 Å². The third-order valence-corrected chi connectivity index (χ3v) is 5.50. The Morgan fingerprint density at radius 1 is 0.808 bits per heavy atom. The van der Waals surface area contributed by atoms with Crippen LogP contribution in [-0.2, 0) is 14.7 Å². The molecule has 0 aromatic heterocycles. The fraction of sp³-hybridized carbons (Fsp3) is 0.455. The van der Waals surface area contributed by atoms with Gasteiger partial charge < -0.3 is 14.6 Å². The minimum Gasteiger partial charge on any atom is -0.399 e. The lowest BCUT2D eigenvalue weighted by Crippen LogP contribution is -2.41. The van der Waals surface area contributed by atoms with Crippen molar-refractivity contribution in [3.05, 3.63) is 54.1 Å². The zero-order valence-corrected chi connectivity index (χ0v) is 17.0. The summed E-state index contributed by atoms with van der Waals surface area (Å²) in [6, 6.07) is 16.8. The fourth-order valence-corrected chi connectivity index (χ4v) is 3.00. The first-order chi connectivity index (χ1) is 12.0. The smallest absolute Gasteiger partial charge is 0.399 e. The van der Waals surface area contributed by atoms with Crippen molar-refractivity contribution in [3.8, 4) is 0 Å². The molecule has 0 amide bonds. The van der Waals surface area contributed by atoms with Gasteiger partial charge in [-0.2, -0.15) is 0 Å². The molecule has 26 heavy (non-hydrogen) atoms. The van der Waals surface area contributed by atoms with Crippen molar-refractivity contribution in [2.45, 2.75) is 65.1 Å². The topological polar surface area (TPSA) is 30.5 Å². The second-order valence-corrected chi connectivity index (χ2v) is 9.13. The summed E-state index contributed by atoms with van der Waals surface area (Å²) in [7, 11) is -0.377. The van der Waals surface area contributed by atoms with Gasteiger partial charge in [-0.15, -0.1) is 0 Å². The van der Waals surface area contributed by atoms with Gasteiger partial charge in [0.05, 0.1) is 11.2 Å². The van der Waals surface area contributed by atoms with Gasteiger partial charge in [0.25, 0.3) is 0 Å². The zero-order valence-electron chi connectivity index (χ0n) is 17.0. The van der Waals surface area contributed by atoms with Crippen LogP contribution < -0.4 is 10.8 Å². The van der Waals surface area contributed by atoms with E-state index in [0.29, 0.717) is 0 Å². The first-order valence-corrected chi connectivity index (χ1v) is 9.32. The van der Waals surface area contributed by atoms with Crippen molar-refractivity contribution in [2.24, 2.45) is 0 Å². The van der Waals surface area contributed by atoms with Crippen LogP contribution >= 0.6 is 0 Å². The minimum absolute atomic E-state index is 0.152. The molecule has 0 atom stereocenters. The largest absolute Gasteiger partial charge is 0.496 e. The molecule has 1 heterocycles. The second kappa shape index (κ2) is 6.43. The first kappa shape index (κ1) is 19.0. The van der Waals surface area contributed by atoms with Crippen LogP contribution in [0, 0.1) is 0 Å². The minimum atomic E-state index is -0.377. The van der Waals surface area contributed by atoms with Gasteiger partial charge in [0.15, 0.2) is 0 Å². The van der Waals surface area contributed by atoms with E-state index in [2.05, 4.69) is 90.2 Å².